The molecule has 0 saturated carbocycles. The van der Waals surface area contributed by atoms with Crippen molar-refractivity contribution in [1.29, 1.82) is 0 Å². The molecule has 100 valence electrons. The van der Waals surface area contributed by atoms with E-state index >= 15 is 0 Å². The fourth-order valence-electron chi connectivity index (χ4n) is 2.75. The molecule has 2 aliphatic heterocycles. The summed E-state index contributed by atoms with van der Waals surface area (Å²) < 4.78 is 42.7. The van der Waals surface area contributed by atoms with Gasteiger partial charge in [-0.3, -0.25) is 0 Å². The van der Waals surface area contributed by atoms with Gasteiger partial charge in [0.1, 0.15) is 11.7 Å². The van der Waals surface area contributed by atoms with Crippen LogP contribution in [-0.2, 0) is 14.2 Å². The zero-order chi connectivity index (χ0) is 13.1. The lowest BCUT2D eigenvalue weighted by molar-refractivity contribution is -0.278. The number of ether oxygens (including phenoxy) is 3. The van der Waals surface area contributed by atoms with Gasteiger partial charge in [-0.05, 0) is 27.2 Å². The average Bonchev–Trinajstić information content (AvgIpc) is 2.55. The van der Waals surface area contributed by atoms with E-state index in [-0.39, 0.29) is 6.42 Å². The second kappa shape index (κ2) is 3.60. The van der Waals surface area contributed by atoms with E-state index in [1.807, 2.05) is 0 Å². The van der Waals surface area contributed by atoms with Gasteiger partial charge in [-0.15, -0.1) is 0 Å². The third kappa shape index (κ3) is 1.62. The zero-order valence-corrected chi connectivity index (χ0v) is 10.4. The summed E-state index contributed by atoms with van der Waals surface area (Å²) in [6.07, 6.45) is -5.10. The monoisotopic (exact) mass is 252 g/mol. The third-order valence-corrected chi connectivity index (χ3v) is 3.58. The average molecular weight is 252 g/mol. The van der Waals surface area contributed by atoms with E-state index in [2.05, 4.69) is 0 Å². The van der Waals surface area contributed by atoms with E-state index in [4.69, 9.17) is 14.2 Å². The largest absolute Gasteiger partial charge is 0.365 e. The van der Waals surface area contributed by atoms with Gasteiger partial charge >= 0.3 is 0 Å². The Morgan fingerprint density at radius 3 is 2.29 bits per heavy atom. The van der Waals surface area contributed by atoms with E-state index in [0.29, 0.717) is 0 Å². The molecule has 4 atom stereocenters. The molecule has 6 heteroatoms. The third-order valence-electron chi connectivity index (χ3n) is 3.58. The van der Waals surface area contributed by atoms with E-state index < -0.39 is 35.8 Å². The number of hydrogen-bond acceptors (Lipinski definition) is 4. The van der Waals surface area contributed by atoms with Crippen LogP contribution in [0.25, 0.3) is 0 Å². The molecule has 2 fully saturated rings. The summed E-state index contributed by atoms with van der Waals surface area (Å²) in [6, 6.07) is 0. The van der Waals surface area contributed by atoms with Gasteiger partial charge in [-0.2, -0.15) is 0 Å². The number of aliphatic hydroxyl groups is 1. The summed E-state index contributed by atoms with van der Waals surface area (Å²) in [6.45, 7) is 6.39. The van der Waals surface area contributed by atoms with Gasteiger partial charge in [-0.1, -0.05) is 6.92 Å². The van der Waals surface area contributed by atoms with Gasteiger partial charge in [0.05, 0.1) is 0 Å². The van der Waals surface area contributed by atoms with Crippen molar-refractivity contribution in [2.24, 2.45) is 0 Å². The van der Waals surface area contributed by atoms with Crippen LogP contribution in [0, 0.1) is 0 Å². The zero-order valence-electron chi connectivity index (χ0n) is 10.4. The van der Waals surface area contributed by atoms with Gasteiger partial charge in [-0.25, -0.2) is 8.78 Å². The molecule has 4 nitrogen and oxygen atoms in total. The fraction of sp³-hybridized carbons (Fsp3) is 1.00. The summed E-state index contributed by atoms with van der Waals surface area (Å²) in [5.41, 5.74) is -3.06. The molecule has 2 heterocycles. The van der Waals surface area contributed by atoms with Crippen LogP contribution in [0.2, 0.25) is 0 Å². The van der Waals surface area contributed by atoms with Crippen LogP contribution in [-0.4, -0.2) is 40.9 Å². The Labute approximate surface area is 98.8 Å². The molecule has 0 amide bonds. The molecular formula is C11H18F2O4. The van der Waals surface area contributed by atoms with Crippen LogP contribution in [0.5, 0.6) is 0 Å². The van der Waals surface area contributed by atoms with Crippen LogP contribution in [0.3, 0.4) is 0 Å². The highest BCUT2D eigenvalue weighted by Crippen LogP contribution is 2.53. The number of rotatable bonds is 2. The summed E-state index contributed by atoms with van der Waals surface area (Å²) in [7, 11) is 0. The van der Waals surface area contributed by atoms with Crippen LogP contribution in [0.4, 0.5) is 8.78 Å². The van der Waals surface area contributed by atoms with Crippen molar-refractivity contribution in [1.82, 2.24) is 0 Å². The molecule has 2 rings (SSSR count). The molecule has 0 aliphatic carbocycles. The van der Waals surface area contributed by atoms with Crippen molar-refractivity contribution in [3.8, 4) is 0 Å². The van der Waals surface area contributed by atoms with Gasteiger partial charge in [0.25, 0.3) is 6.43 Å². The number of alkyl halides is 2. The Bertz CT molecular complexity index is 323. The van der Waals surface area contributed by atoms with Gasteiger partial charge < -0.3 is 19.3 Å². The van der Waals surface area contributed by atoms with Crippen LogP contribution in [0.15, 0.2) is 0 Å². The Balaban J connectivity index is 2.42. The van der Waals surface area contributed by atoms with Crippen molar-refractivity contribution >= 4 is 0 Å². The van der Waals surface area contributed by atoms with Crippen molar-refractivity contribution in [2.75, 3.05) is 0 Å². The molecule has 0 bridgehead atoms. The Morgan fingerprint density at radius 1 is 1.24 bits per heavy atom. The van der Waals surface area contributed by atoms with E-state index in [1.54, 1.807) is 20.8 Å². The van der Waals surface area contributed by atoms with E-state index in [9.17, 15) is 13.9 Å². The summed E-state index contributed by atoms with van der Waals surface area (Å²) in [4.78, 5) is 0. The molecule has 0 aromatic rings. The minimum atomic E-state index is -2.74. The second-order valence-electron chi connectivity index (χ2n) is 5.26. The second-order valence-corrected chi connectivity index (χ2v) is 5.26. The molecular weight excluding hydrogens is 234 g/mol. The molecule has 0 spiro atoms. The minimum Gasteiger partial charge on any atom is -0.365 e. The number of aliphatic hydroxyl groups excluding tert-OH is 1. The van der Waals surface area contributed by atoms with Crippen LogP contribution >= 0.6 is 0 Å². The Kier molecular flexibility index (Phi) is 2.78. The van der Waals surface area contributed by atoms with Crippen molar-refractivity contribution in [3.05, 3.63) is 0 Å². The Morgan fingerprint density at radius 2 is 1.82 bits per heavy atom. The SMILES string of the molecule is CC[C@@]1(C(F)F)OC(O)[C@]2(C)OC(C)(C)O[C@@H]21. The van der Waals surface area contributed by atoms with Crippen molar-refractivity contribution in [2.45, 2.75) is 69.9 Å². The molecule has 0 aromatic carbocycles. The lowest BCUT2D eigenvalue weighted by Gasteiger charge is -2.32. The highest BCUT2D eigenvalue weighted by Gasteiger charge is 2.71. The molecule has 17 heavy (non-hydrogen) atoms. The summed E-state index contributed by atoms with van der Waals surface area (Å²) >= 11 is 0. The van der Waals surface area contributed by atoms with Gasteiger partial charge in [0.15, 0.2) is 17.7 Å². The summed E-state index contributed by atoms with van der Waals surface area (Å²) in [5, 5.41) is 9.85. The lowest BCUT2D eigenvalue weighted by Crippen LogP contribution is -2.51. The summed E-state index contributed by atoms with van der Waals surface area (Å²) in [5.74, 6) is -1.00. The fourth-order valence-corrected chi connectivity index (χ4v) is 2.75. The standard InChI is InChI=1S/C11H18F2O4/c1-5-11(7(12)13)6-10(4,8(14)16-11)17-9(2,3)15-6/h6-8,14H,5H2,1-4H3/t6-,8?,10+,11+/m0/s1. The number of halogens is 2. The maximum Gasteiger partial charge on any atom is 0.269 e. The highest BCUT2D eigenvalue weighted by atomic mass is 19.3. The number of fused-ring (bicyclic) bond motifs is 1. The predicted octanol–water partition coefficient (Wildman–Crippen LogP) is 1.66. The first-order valence-electron chi connectivity index (χ1n) is 5.70. The molecule has 0 aromatic heterocycles. The van der Waals surface area contributed by atoms with Gasteiger partial charge in [0, 0.05) is 0 Å². The van der Waals surface area contributed by atoms with Crippen LogP contribution in [0.1, 0.15) is 34.1 Å². The molecule has 2 aliphatic rings. The van der Waals surface area contributed by atoms with Crippen molar-refractivity contribution < 1.29 is 28.1 Å². The number of hydrogen-bond donors (Lipinski definition) is 1. The lowest BCUT2D eigenvalue weighted by atomic mass is 9.86. The molecule has 1 N–H and O–H groups in total. The quantitative estimate of drug-likeness (QED) is 0.812. The highest BCUT2D eigenvalue weighted by molar-refractivity contribution is 5.12. The van der Waals surface area contributed by atoms with E-state index in [0.717, 1.165) is 0 Å². The van der Waals surface area contributed by atoms with Crippen LogP contribution < -0.4 is 0 Å². The normalized spacial score (nSPS) is 48.7. The maximum atomic E-state index is 13.3. The van der Waals surface area contributed by atoms with Crippen molar-refractivity contribution in [3.63, 3.8) is 0 Å². The Hall–Kier alpha value is -0.300. The predicted molar refractivity (Wildman–Crippen MR) is 54.6 cm³/mol. The minimum absolute atomic E-state index is 0.0431. The first kappa shape index (κ1) is 13.1. The first-order chi connectivity index (χ1) is 7.68. The molecule has 1 unspecified atom stereocenters. The molecule has 2 saturated heterocycles. The van der Waals surface area contributed by atoms with Gasteiger partial charge in [0.2, 0.25) is 0 Å². The molecule has 0 radical (unpaired) electrons. The van der Waals surface area contributed by atoms with E-state index in [1.165, 1.54) is 6.92 Å². The first-order valence-corrected chi connectivity index (χ1v) is 5.70. The smallest absolute Gasteiger partial charge is 0.269 e. The maximum absolute atomic E-state index is 13.3. The topological polar surface area (TPSA) is 47.9 Å².